The Morgan fingerprint density at radius 2 is 2.40 bits per heavy atom. The van der Waals surface area contributed by atoms with Gasteiger partial charge in [0.25, 0.3) is 0 Å². The van der Waals surface area contributed by atoms with Crippen molar-refractivity contribution >= 4 is 5.97 Å². The van der Waals surface area contributed by atoms with Gasteiger partial charge in [0, 0.05) is 6.54 Å². The zero-order chi connectivity index (χ0) is 7.14. The van der Waals surface area contributed by atoms with Crippen molar-refractivity contribution in [3.63, 3.8) is 0 Å². The molecule has 0 amide bonds. The van der Waals surface area contributed by atoms with Crippen LogP contribution in [0.1, 0.15) is 12.8 Å². The van der Waals surface area contributed by atoms with Crippen LogP contribution in [0.25, 0.3) is 0 Å². The number of carbonyl (C=O) groups is 1. The first kappa shape index (κ1) is 6.12. The first-order valence-electron chi connectivity index (χ1n) is 3.43. The molecule has 0 saturated carbocycles. The maximum absolute atomic E-state index is 10.4. The zero-order valence-electron chi connectivity index (χ0n) is 5.49. The molecule has 10 heavy (non-hydrogen) atoms. The topological polar surface area (TPSA) is 52.8 Å². The van der Waals surface area contributed by atoms with Crippen LogP contribution in [0.4, 0.5) is 0 Å². The Morgan fingerprint density at radius 1 is 1.60 bits per heavy atom. The molecule has 2 fully saturated rings. The lowest BCUT2D eigenvalue weighted by Gasteiger charge is -2.13. The number of carboxylic acids is 1. The van der Waals surface area contributed by atoms with Crippen molar-refractivity contribution in [2.24, 2.45) is 5.92 Å². The second-order valence-electron chi connectivity index (χ2n) is 2.77. The number of aliphatic carboxylic acids is 1. The highest BCUT2D eigenvalue weighted by Gasteiger charge is 2.43. The van der Waals surface area contributed by atoms with Gasteiger partial charge >= 0.3 is 5.97 Å². The fourth-order valence-corrected chi connectivity index (χ4v) is 1.34. The van der Waals surface area contributed by atoms with Crippen LogP contribution in [0.3, 0.4) is 0 Å². The van der Waals surface area contributed by atoms with Crippen LogP contribution >= 0.6 is 0 Å². The minimum absolute atomic E-state index is 0.209. The highest BCUT2D eigenvalue weighted by Crippen LogP contribution is 2.33. The third-order valence-corrected chi connectivity index (χ3v) is 2.04. The van der Waals surface area contributed by atoms with E-state index in [0.29, 0.717) is 6.54 Å². The predicted octanol–water partition coefficient (Wildman–Crippen LogP) is 0.0543. The van der Waals surface area contributed by atoms with E-state index in [9.17, 15) is 4.79 Å². The van der Waals surface area contributed by atoms with Gasteiger partial charge in [0.15, 0.2) is 6.23 Å². The predicted molar refractivity (Wildman–Crippen MR) is 31.9 cm³/mol. The summed E-state index contributed by atoms with van der Waals surface area (Å²) in [5.74, 6) is -0.910. The number of piperidine rings is 1. The van der Waals surface area contributed by atoms with Gasteiger partial charge in [0.1, 0.15) is 0 Å². The van der Waals surface area contributed by atoms with E-state index in [4.69, 9.17) is 9.94 Å². The third kappa shape index (κ3) is 0.892. The molecule has 0 bridgehead atoms. The summed E-state index contributed by atoms with van der Waals surface area (Å²) in [4.78, 5) is 15.5. The summed E-state index contributed by atoms with van der Waals surface area (Å²) < 4.78 is 0. The first-order chi connectivity index (χ1) is 4.77. The van der Waals surface area contributed by atoms with Crippen LogP contribution in [0, 0.1) is 5.92 Å². The summed E-state index contributed by atoms with van der Waals surface area (Å²) in [6, 6.07) is 0. The minimum atomic E-state index is -0.700. The summed E-state index contributed by atoms with van der Waals surface area (Å²) in [5.41, 5.74) is 0. The Labute approximate surface area is 58.3 Å². The summed E-state index contributed by atoms with van der Waals surface area (Å²) in [5, 5.41) is 10.3. The van der Waals surface area contributed by atoms with E-state index in [-0.39, 0.29) is 12.1 Å². The number of fused-ring (bicyclic) bond motifs is 1. The molecule has 1 N–H and O–H groups in total. The zero-order valence-corrected chi connectivity index (χ0v) is 5.49. The highest BCUT2D eigenvalue weighted by molar-refractivity contribution is 5.70. The summed E-state index contributed by atoms with van der Waals surface area (Å²) in [6.07, 6.45) is 1.88. The quantitative estimate of drug-likeness (QED) is 0.527. The van der Waals surface area contributed by atoms with Gasteiger partial charge < -0.3 is 5.11 Å². The molecule has 4 heteroatoms. The normalized spacial score (nSPS) is 44.2. The molecule has 2 rings (SSSR count). The summed E-state index contributed by atoms with van der Waals surface area (Å²) in [6.45, 7) is 0.569. The highest BCUT2D eigenvalue weighted by atomic mass is 16.8. The van der Waals surface area contributed by atoms with Crippen LogP contribution in [0.2, 0.25) is 0 Å². The average molecular weight is 143 g/mol. The first-order valence-corrected chi connectivity index (χ1v) is 3.43. The molecule has 2 heterocycles. The fourth-order valence-electron chi connectivity index (χ4n) is 1.34. The molecule has 0 radical (unpaired) electrons. The van der Waals surface area contributed by atoms with Gasteiger partial charge in [-0.1, -0.05) is 0 Å². The molecule has 0 aromatic carbocycles. The van der Waals surface area contributed by atoms with Crippen LogP contribution in [-0.4, -0.2) is 28.9 Å². The molecule has 2 saturated heterocycles. The molecule has 0 aromatic heterocycles. The van der Waals surface area contributed by atoms with Gasteiger partial charge in [-0.05, 0) is 12.8 Å². The number of hydrogen-bond donors (Lipinski definition) is 1. The Balaban J connectivity index is 1.94. The van der Waals surface area contributed by atoms with Crippen molar-refractivity contribution in [1.29, 1.82) is 0 Å². The molecule has 4 nitrogen and oxygen atoms in total. The lowest BCUT2D eigenvalue weighted by atomic mass is 10.0. The molecular weight excluding hydrogens is 134 g/mol. The average Bonchev–Trinajstić information content (AvgIpc) is 2.63. The largest absolute Gasteiger partial charge is 0.481 e. The molecule has 3 unspecified atom stereocenters. The monoisotopic (exact) mass is 143 g/mol. The van der Waals surface area contributed by atoms with E-state index in [1.807, 2.05) is 0 Å². The second-order valence-corrected chi connectivity index (χ2v) is 2.77. The number of rotatable bonds is 1. The van der Waals surface area contributed by atoms with E-state index < -0.39 is 5.97 Å². The maximum Gasteiger partial charge on any atom is 0.307 e. The van der Waals surface area contributed by atoms with Crippen molar-refractivity contribution in [2.75, 3.05) is 6.54 Å². The molecule has 2 aliphatic rings. The number of hydrogen-bond acceptors (Lipinski definition) is 3. The van der Waals surface area contributed by atoms with Crippen LogP contribution in [-0.2, 0) is 9.63 Å². The molecule has 0 aliphatic carbocycles. The SMILES string of the molecule is O=C(O)C1CCC2ON2C1. The second kappa shape index (κ2) is 1.93. The van der Waals surface area contributed by atoms with Crippen LogP contribution in [0.15, 0.2) is 0 Å². The Hall–Kier alpha value is -0.610. The van der Waals surface area contributed by atoms with Crippen molar-refractivity contribution in [3.05, 3.63) is 0 Å². The number of carboxylic acid groups (broad SMARTS) is 1. The fraction of sp³-hybridized carbons (Fsp3) is 0.833. The van der Waals surface area contributed by atoms with Gasteiger partial charge in [-0.25, -0.2) is 0 Å². The Kier molecular flexibility index (Phi) is 1.18. The summed E-state index contributed by atoms with van der Waals surface area (Å²) in [7, 11) is 0. The molecule has 56 valence electrons. The lowest BCUT2D eigenvalue weighted by molar-refractivity contribution is -0.143. The van der Waals surface area contributed by atoms with Crippen molar-refractivity contribution in [1.82, 2.24) is 5.06 Å². The Bertz CT molecular complexity index is 170. The van der Waals surface area contributed by atoms with Crippen molar-refractivity contribution in [3.8, 4) is 0 Å². The van der Waals surface area contributed by atoms with E-state index in [1.54, 1.807) is 5.06 Å². The molecular formula is C6H9NO3. The van der Waals surface area contributed by atoms with E-state index in [1.165, 1.54) is 0 Å². The molecule has 2 aliphatic heterocycles. The minimum Gasteiger partial charge on any atom is -0.481 e. The van der Waals surface area contributed by atoms with Gasteiger partial charge in [0.05, 0.1) is 5.92 Å². The van der Waals surface area contributed by atoms with Gasteiger partial charge in [-0.3, -0.25) is 9.63 Å². The van der Waals surface area contributed by atoms with E-state index in [2.05, 4.69) is 0 Å². The maximum atomic E-state index is 10.4. The van der Waals surface area contributed by atoms with Crippen molar-refractivity contribution in [2.45, 2.75) is 19.1 Å². The van der Waals surface area contributed by atoms with Gasteiger partial charge in [-0.2, -0.15) is 5.06 Å². The van der Waals surface area contributed by atoms with Crippen molar-refractivity contribution < 1.29 is 14.7 Å². The molecule has 0 spiro atoms. The molecule has 3 atom stereocenters. The van der Waals surface area contributed by atoms with E-state index >= 15 is 0 Å². The Morgan fingerprint density at radius 3 is 3.00 bits per heavy atom. The van der Waals surface area contributed by atoms with E-state index in [0.717, 1.165) is 12.8 Å². The lowest BCUT2D eigenvalue weighted by Crippen LogP contribution is -2.27. The van der Waals surface area contributed by atoms with Crippen LogP contribution < -0.4 is 0 Å². The standard InChI is InChI=1S/C6H9NO3/c8-6(9)4-1-2-5-7(3-4)10-5/h4-5H,1-3H2,(H,8,9). The number of nitrogens with zero attached hydrogens (tertiary/aromatic N) is 1. The third-order valence-electron chi connectivity index (χ3n) is 2.04. The summed E-state index contributed by atoms with van der Waals surface area (Å²) >= 11 is 0. The van der Waals surface area contributed by atoms with Gasteiger partial charge in [0.2, 0.25) is 0 Å². The van der Waals surface area contributed by atoms with Crippen LogP contribution in [0.5, 0.6) is 0 Å². The molecule has 0 aromatic rings. The van der Waals surface area contributed by atoms with Gasteiger partial charge in [-0.15, -0.1) is 0 Å². The number of hydroxylamine groups is 2. The smallest absolute Gasteiger partial charge is 0.307 e.